The van der Waals surface area contributed by atoms with Gasteiger partial charge in [0.15, 0.2) is 0 Å². The second-order valence-corrected chi connectivity index (χ2v) is 17.9. The largest absolute Gasteiger partial charge is 0.0619 e. The van der Waals surface area contributed by atoms with Crippen molar-refractivity contribution in [2.24, 2.45) is 0 Å². The standard InChI is InChI=1S/C63H42/c1-63(2)57-25-12-11-23-55(57)62-58(63)37-36-54-48-35-34-44(38-56(48)47-17-5-6-18-49(47)61(54)62)39-26-30-42(31-27-39)59-50-19-7-9-21-52(50)60(53-22-10-8-20-51(53)59)43-32-28-41(29-33-43)46-24-13-15-40-14-3-4-16-45(40)46/h3-38H,1-2H3. The van der Waals surface area contributed by atoms with Crippen molar-refractivity contribution in [1.29, 1.82) is 0 Å². The summed E-state index contributed by atoms with van der Waals surface area (Å²) in [7, 11) is 0. The maximum atomic E-state index is 2.42. The third-order valence-electron chi connectivity index (χ3n) is 14.3. The first-order chi connectivity index (χ1) is 31.0. The third kappa shape index (κ3) is 5.28. The molecule has 0 radical (unpaired) electrons. The van der Waals surface area contributed by atoms with Gasteiger partial charge in [0.1, 0.15) is 0 Å². The van der Waals surface area contributed by atoms with Crippen LogP contribution >= 0.6 is 0 Å². The Kier molecular flexibility index (Phi) is 7.75. The summed E-state index contributed by atoms with van der Waals surface area (Å²) in [5.74, 6) is 0. The van der Waals surface area contributed by atoms with Gasteiger partial charge in [-0.2, -0.15) is 0 Å². The monoisotopic (exact) mass is 798 g/mol. The van der Waals surface area contributed by atoms with Crippen molar-refractivity contribution in [2.75, 3.05) is 0 Å². The summed E-state index contributed by atoms with van der Waals surface area (Å²) in [6.07, 6.45) is 0. The zero-order valence-electron chi connectivity index (χ0n) is 35.3. The zero-order valence-corrected chi connectivity index (χ0v) is 35.3. The lowest BCUT2D eigenvalue weighted by atomic mass is 9.81. The highest BCUT2D eigenvalue weighted by molar-refractivity contribution is 6.30. The van der Waals surface area contributed by atoms with Crippen LogP contribution in [0.4, 0.5) is 0 Å². The van der Waals surface area contributed by atoms with Gasteiger partial charge in [-0.15, -0.1) is 0 Å². The Labute approximate surface area is 367 Å². The Morgan fingerprint density at radius 2 is 0.698 bits per heavy atom. The summed E-state index contributed by atoms with van der Waals surface area (Å²) in [4.78, 5) is 0. The first kappa shape index (κ1) is 35.9. The summed E-state index contributed by atoms with van der Waals surface area (Å²) in [5.41, 5.74) is 15.5. The van der Waals surface area contributed by atoms with Crippen molar-refractivity contribution in [3.63, 3.8) is 0 Å². The molecule has 12 aromatic carbocycles. The Morgan fingerprint density at radius 3 is 1.37 bits per heavy atom. The van der Waals surface area contributed by atoms with Gasteiger partial charge in [0.2, 0.25) is 0 Å². The zero-order chi connectivity index (χ0) is 41.8. The fraction of sp³-hybridized carbons (Fsp3) is 0.0476. The number of rotatable bonds is 4. The molecule has 0 atom stereocenters. The van der Waals surface area contributed by atoms with Crippen molar-refractivity contribution >= 4 is 64.6 Å². The number of hydrogen-bond acceptors (Lipinski definition) is 0. The van der Waals surface area contributed by atoms with Gasteiger partial charge >= 0.3 is 0 Å². The molecule has 0 heteroatoms. The van der Waals surface area contributed by atoms with Crippen LogP contribution in [-0.2, 0) is 5.41 Å². The topological polar surface area (TPSA) is 0 Å². The lowest BCUT2D eigenvalue weighted by Crippen LogP contribution is -2.14. The Bertz CT molecular complexity index is 3760. The van der Waals surface area contributed by atoms with Crippen LogP contribution in [0, 0.1) is 0 Å². The molecular formula is C63H42. The van der Waals surface area contributed by atoms with E-state index in [-0.39, 0.29) is 5.41 Å². The average molecular weight is 799 g/mol. The van der Waals surface area contributed by atoms with Crippen molar-refractivity contribution in [3.05, 3.63) is 230 Å². The van der Waals surface area contributed by atoms with Crippen molar-refractivity contribution in [2.45, 2.75) is 19.3 Å². The quantitative estimate of drug-likeness (QED) is 0.123. The van der Waals surface area contributed by atoms with Crippen LogP contribution in [0.5, 0.6) is 0 Å². The smallest absolute Gasteiger partial charge is 0.0159 e. The van der Waals surface area contributed by atoms with E-state index in [4.69, 9.17) is 0 Å². The van der Waals surface area contributed by atoms with E-state index in [1.807, 2.05) is 0 Å². The van der Waals surface area contributed by atoms with Gasteiger partial charge in [-0.1, -0.05) is 226 Å². The van der Waals surface area contributed by atoms with Gasteiger partial charge in [-0.25, -0.2) is 0 Å². The van der Waals surface area contributed by atoms with Gasteiger partial charge in [0, 0.05) is 5.41 Å². The summed E-state index contributed by atoms with van der Waals surface area (Å²) in [6, 6.07) is 81.5. The second kappa shape index (κ2) is 13.6. The molecule has 13 rings (SSSR count). The molecule has 0 fully saturated rings. The fourth-order valence-corrected chi connectivity index (χ4v) is 11.3. The summed E-state index contributed by atoms with van der Waals surface area (Å²) in [6.45, 7) is 4.74. The van der Waals surface area contributed by atoms with Crippen molar-refractivity contribution in [1.82, 2.24) is 0 Å². The molecule has 12 aromatic rings. The maximum absolute atomic E-state index is 2.42. The van der Waals surface area contributed by atoms with Crippen LogP contribution in [0.25, 0.3) is 120 Å². The van der Waals surface area contributed by atoms with E-state index in [1.54, 1.807) is 0 Å². The maximum Gasteiger partial charge on any atom is 0.0159 e. The molecule has 0 N–H and O–H groups in total. The van der Waals surface area contributed by atoms with Crippen LogP contribution in [0.3, 0.4) is 0 Å². The van der Waals surface area contributed by atoms with E-state index in [9.17, 15) is 0 Å². The molecule has 0 nitrogen and oxygen atoms in total. The van der Waals surface area contributed by atoms with E-state index >= 15 is 0 Å². The molecule has 0 bridgehead atoms. The molecule has 0 amide bonds. The second-order valence-electron chi connectivity index (χ2n) is 17.9. The third-order valence-corrected chi connectivity index (χ3v) is 14.3. The summed E-state index contributed by atoms with van der Waals surface area (Å²) < 4.78 is 0. The molecule has 294 valence electrons. The molecule has 0 saturated heterocycles. The molecule has 0 aliphatic heterocycles. The van der Waals surface area contributed by atoms with Crippen LogP contribution < -0.4 is 0 Å². The Balaban J connectivity index is 0.926. The minimum Gasteiger partial charge on any atom is -0.0619 e. The highest BCUT2D eigenvalue weighted by Crippen LogP contribution is 2.54. The molecule has 1 aliphatic carbocycles. The van der Waals surface area contributed by atoms with E-state index in [1.165, 1.54) is 131 Å². The minimum atomic E-state index is -0.0434. The normalized spacial score (nSPS) is 13.0. The van der Waals surface area contributed by atoms with Crippen LogP contribution in [0.2, 0.25) is 0 Å². The summed E-state index contributed by atoms with van der Waals surface area (Å²) >= 11 is 0. The molecule has 0 spiro atoms. The predicted octanol–water partition coefficient (Wildman–Crippen LogP) is 17.6. The van der Waals surface area contributed by atoms with Gasteiger partial charge in [-0.05, 0) is 137 Å². The molecular weight excluding hydrogens is 757 g/mol. The first-order valence-corrected chi connectivity index (χ1v) is 22.2. The molecule has 63 heavy (non-hydrogen) atoms. The highest BCUT2D eigenvalue weighted by Gasteiger charge is 2.36. The van der Waals surface area contributed by atoms with Gasteiger partial charge in [-0.3, -0.25) is 0 Å². The average Bonchev–Trinajstić information content (AvgIpc) is 3.58. The lowest BCUT2D eigenvalue weighted by Gasteiger charge is -2.22. The predicted molar refractivity (Wildman–Crippen MR) is 271 cm³/mol. The summed E-state index contributed by atoms with van der Waals surface area (Å²) in [5, 5.41) is 15.5. The molecule has 0 unspecified atom stereocenters. The Morgan fingerprint density at radius 1 is 0.254 bits per heavy atom. The van der Waals surface area contributed by atoms with E-state index in [0.717, 1.165) is 0 Å². The van der Waals surface area contributed by atoms with E-state index in [2.05, 4.69) is 232 Å². The van der Waals surface area contributed by atoms with Crippen LogP contribution in [-0.4, -0.2) is 0 Å². The Hall–Kier alpha value is -7.80. The number of fused-ring (bicyclic) bond motifs is 13. The van der Waals surface area contributed by atoms with Crippen molar-refractivity contribution < 1.29 is 0 Å². The minimum absolute atomic E-state index is 0.0434. The van der Waals surface area contributed by atoms with E-state index < -0.39 is 0 Å². The number of hydrogen-bond donors (Lipinski definition) is 0. The fourth-order valence-electron chi connectivity index (χ4n) is 11.3. The van der Waals surface area contributed by atoms with E-state index in [0.29, 0.717) is 0 Å². The number of benzene rings is 12. The molecule has 0 aromatic heterocycles. The van der Waals surface area contributed by atoms with Gasteiger partial charge in [0.25, 0.3) is 0 Å². The van der Waals surface area contributed by atoms with Crippen LogP contribution in [0.1, 0.15) is 25.0 Å². The lowest BCUT2D eigenvalue weighted by molar-refractivity contribution is 0.661. The van der Waals surface area contributed by atoms with Gasteiger partial charge < -0.3 is 0 Å². The van der Waals surface area contributed by atoms with Crippen LogP contribution in [0.15, 0.2) is 218 Å². The molecule has 0 saturated carbocycles. The SMILES string of the molecule is CC1(C)c2ccccc2-c2c1ccc1c3ccc(-c4ccc(-c5c6ccccc6c(-c6ccc(-c7cccc8ccccc78)cc6)c6ccccc56)cc4)cc3c3ccccc3c21. The highest BCUT2D eigenvalue weighted by atomic mass is 14.4. The first-order valence-electron chi connectivity index (χ1n) is 22.2. The molecule has 1 aliphatic rings. The molecule has 0 heterocycles. The van der Waals surface area contributed by atoms with Gasteiger partial charge in [0.05, 0.1) is 0 Å². The van der Waals surface area contributed by atoms with Crippen molar-refractivity contribution in [3.8, 4) is 55.6 Å².